The zero-order valence-electron chi connectivity index (χ0n) is 12.3. The fraction of sp³-hybridized carbons (Fsp3) is 0.462. The Hall–Kier alpha value is -1.80. The van der Waals surface area contributed by atoms with Gasteiger partial charge in [-0.05, 0) is 32.4 Å². The summed E-state index contributed by atoms with van der Waals surface area (Å²) in [6.07, 6.45) is 3.04. The molecule has 2 heterocycles. The van der Waals surface area contributed by atoms with E-state index < -0.39 is 11.7 Å². The van der Waals surface area contributed by atoms with E-state index in [9.17, 15) is 4.79 Å². The molecule has 0 saturated heterocycles. The number of nitrogens with one attached hydrogen (secondary N) is 2. The number of hydrogen-bond acceptors (Lipinski definition) is 6. The van der Waals surface area contributed by atoms with Crippen LogP contribution in [-0.4, -0.2) is 26.3 Å². The number of aromatic nitrogens is 3. The number of nitrogens with zero attached hydrogens (tertiary/aromatic N) is 3. The van der Waals surface area contributed by atoms with Gasteiger partial charge in [0, 0.05) is 6.54 Å². The highest BCUT2D eigenvalue weighted by atomic mass is 32.1. The topological polar surface area (TPSA) is 80.5 Å². The second kappa shape index (κ2) is 6.31. The highest BCUT2D eigenvalue weighted by molar-refractivity contribution is 7.78. The Morgan fingerprint density at radius 1 is 1.43 bits per heavy atom. The number of carbonyl (C=O) groups is 1. The molecule has 0 aliphatic carbocycles. The van der Waals surface area contributed by atoms with Gasteiger partial charge in [-0.15, -0.1) is 0 Å². The average Bonchev–Trinajstić information content (AvgIpc) is 2.77. The fourth-order valence-electron chi connectivity index (χ4n) is 1.71. The molecule has 114 valence electrons. The highest BCUT2D eigenvalue weighted by Crippen LogP contribution is 2.08. The Morgan fingerprint density at radius 3 is 2.86 bits per heavy atom. The van der Waals surface area contributed by atoms with Crippen LogP contribution in [0.4, 0.5) is 4.79 Å². The number of ether oxygens (including phenoxy) is 1. The first-order valence-corrected chi connectivity index (χ1v) is 6.99. The van der Waals surface area contributed by atoms with E-state index in [4.69, 9.17) is 4.74 Å². The van der Waals surface area contributed by atoms with Crippen LogP contribution in [0.1, 0.15) is 32.0 Å². The van der Waals surface area contributed by atoms with E-state index in [-0.39, 0.29) is 0 Å². The first-order valence-electron chi connectivity index (χ1n) is 6.54. The van der Waals surface area contributed by atoms with Crippen LogP contribution in [0.5, 0.6) is 0 Å². The molecule has 2 N–H and O–H groups in total. The molecular formula is C13H19N5O2S. The summed E-state index contributed by atoms with van der Waals surface area (Å²) in [5, 5.41) is 6.91. The molecule has 0 atom stereocenters. The van der Waals surface area contributed by atoms with Gasteiger partial charge in [-0.2, -0.15) is 5.10 Å². The molecule has 2 aromatic rings. The zero-order chi connectivity index (χ0) is 15.5. The summed E-state index contributed by atoms with van der Waals surface area (Å²) in [5.74, 6) is 0. The number of hydrogen-bond donors (Lipinski definition) is 3. The van der Waals surface area contributed by atoms with Crippen LogP contribution < -0.4 is 10.0 Å². The predicted molar refractivity (Wildman–Crippen MR) is 81.9 cm³/mol. The lowest BCUT2D eigenvalue weighted by molar-refractivity contribution is 0.0523. The summed E-state index contributed by atoms with van der Waals surface area (Å²) in [5.41, 5.74) is 1.90. The Bertz CT molecular complexity index is 635. The number of imidazole rings is 1. The third-order valence-corrected chi connectivity index (χ3v) is 2.68. The van der Waals surface area contributed by atoms with E-state index >= 15 is 0 Å². The minimum atomic E-state index is -0.515. The first kappa shape index (κ1) is 15.6. The van der Waals surface area contributed by atoms with Crippen LogP contribution in [-0.2, 0) is 17.8 Å². The minimum Gasteiger partial charge on any atom is -0.444 e. The molecule has 0 aliphatic heterocycles. The van der Waals surface area contributed by atoms with Crippen molar-refractivity contribution in [3.8, 4) is 0 Å². The van der Waals surface area contributed by atoms with E-state index in [1.54, 1.807) is 16.9 Å². The van der Waals surface area contributed by atoms with Crippen LogP contribution in [0.25, 0.3) is 5.65 Å². The standard InChI is InChI=1S/C13H19N5O2S/c1-13(2,3)20-12(19)14-7-10-8-18-11(17-10)4-9(5-15-18)6-16-21/h4-5,8,16,21H,6-7H2,1-3H3,(H,14,19). The van der Waals surface area contributed by atoms with Gasteiger partial charge in [0.2, 0.25) is 0 Å². The summed E-state index contributed by atoms with van der Waals surface area (Å²) in [6.45, 7) is 6.35. The third-order valence-electron chi connectivity index (χ3n) is 2.52. The van der Waals surface area contributed by atoms with E-state index in [1.807, 2.05) is 26.8 Å². The summed E-state index contributed by atoms with van der Waals surface area (Å²) in [4.78, 5) is 16.0. The number of amides is 1. The lowest BCUT2D eigenvalue weighted by Crippen LogP contribution is -2.32. The number of fused-ring (bicyclic) bond motifs is 1. The van der Waals surface area contributed by atoms with Crippen molar-refractivity contribution in [1.29, 1.82) is 0 Å². The number of alkyl carbamates (subject to hydrolysis) is 1. The first-order chi connectivity index (χ1) is 9.87. The quantitative estimate of drug-likeness (QED) is 0.749. The van der Waals surface area contributed by atoms with Crippen LogP contribution in [0.2, 0.25) is 0 Å². The lowest BCUT2D eigenvalue weighted by atomic mass is 10.2. The second-order valence-electron chi connectivity index (χ2n) is 5.59. The zero-order valence-corrected chi connectivity index (χ0v) is 13.1. The average molecular weight is 309 g/mol. The second-order valence-corrected chi connectivity index (χ2v) is 5.91. The Labute approximate surface area is 128 Å². The van der Waals surface area contributed by atoms with E-state index in [0.29, 0.717) is 18.8 Å². The number of thiol groups is 1. The van der Waals surface area contributed by atoms with Gasteiger partial charge in [0.05, 0.1) is 24.6 Å². The van der Waals surface area contributed by atoms with Gasteiger partial charge in [0.15, 0.2) is 5.65 Å². The molecule has 0 spiro atoms. The Balaban J connectivity index is 2.01. The van der Waals surface area contributed by atoms with Crippen molar-refractivity contribution in [2.24, 2.45) is 0 Å². The van der Waals surface area contributed by atoms with Crippen molar-refractivity contribution < 1.29 is 9.53 Å². The molecule has 2 rings (SSSR count). The minimum absolute atomic E-state index is 0.290. The molecular weight excluding hydrogens is 290 g/mol. The molecule has 0 bridgehead atoms. The Kier molecular flexibility index (Phi) is 4.69. The van der Waals surface area contributed by atoms with Crippen molar-refractivity contribution in [2.45, 2.75) is 39.5 Å². The number of carbonyl (C=O) groups excluding carboxylic acids is 1. The van der Waals surface area contributed by atoms with Crippen molar-refractivity contribution in [2.75, 3.05) is 0 Å². The monoisotopic (exact) mass is 309 g/mol. The van der Waals surface area contributed by atoms with Crippen molar-refractivity contribution in [3.63, 3.8) is 0 Å². The molecule has 2 aromatic heterocycles. The molecule has 0 radical (unpaired) electrons. The van der Waals surface area contributed by atoms with Crippen LogP contribution in [0.15, 0.2) is 18.5 Å². The van der Waals surface area contributed by atoms with E-state index in [1.165, 1.54) is 0 Å². The summed E-state index contributed by atoms with van der Waals surface area (Å²) in [7, 11) is 0. The van der Waals surface area contributed by atoms with E-state index in [0.717, 1.165) is 11.2 Å². The normalized spacial score (nSPS) is 11.6. The van der Waals surface area contributed by atoms with Crippen molar-refractivity contribution in [1.82, 2.24) is 24.6 Å². The smallest absolute Gasteiger partial charge is 0.407 e. The third kappa shape index (κ3) is 4.61. The lowest BCUT2D eigenvalue weighted by Gasteiger charge is -2.19. The van der Waals surface area contributed by atoms with Crippen LogP contribution in [0, 0.1) is 0 Å². The molecule has 0 saturated carbocycles. The summed E-state index contributed by atoms with van der Waals surface area (Å²) in [6, 6.07) is 1.91. The molecule has 0 aromatic carbocycles. The van der Waals surface area contributed by atoms with Gasteiger partial charge in [0.25, 0.3) is 0 Å². The van der Waals surface area contributed by atoms with Crippen LogP contribution >= 0.6 is 12.8 Å². The Morgan fingerprint density at radius 2 is 2.19 bits per heavy atom. The van der Waals surface area contributed by atoms with Gasteiger partial charge < -0.3 is 10.1 Å². The largest absolute Gasteiger partial charge is 0.444 e. The van der Waals surface area contributed by atoms with Gasteiger partial charge in [-0.25, -0.2) is 14.3 Å². The van der Waals surface area contributed by atoms with Gasteiger partial charge >= 0.3 is 6.09 Å². The molecule has 7 nitrogen and oxygen atoms in total. The van der Waals surface area contributed by atoms with Crippen molar-refractivity contribution in [3.05, 3.63) is 29.7 Å². The maximum absolute atomic E-state index is 11.6. The van der Waals surface area contributed by atoms with Crippen molar-refractivity contribution >= 4 is 24.6 Å². The summed E-state index contributed by atoms with van der Waals surface area (Å²) >= 11 is 3.95. The molecule has 1 amide bonds. The summed E-state index contributed by atoms with van der Waals surface area (Å²) < 4.78 is 9.59. The predicted octanol–water partition coefficient (Wildman–Crippen LogP) is 1.69. The molecule has 8 heteroatoms. The molecule has 0 fully saturated rings. The van der Waals surface area contributed by atoms with Gasteiger partial charge in [-0.1, -0.05) is 12.8 Å². The highest BCUT2D eigenvalue weighted by Gasteiger charge is 2.16. The molecule has 0 aliphatic rings. The molecule has 21 heavy (non-hydrogen) atoms. The maximum Gasteiger partial charge on any atom is 0.407 e. The number of rotatable bonds is 4. The SMILES string of the molecule is CC(C)(C)OC(=O)NCc1cn2ncc(CNS)cc2n1. The maximum atomic E-state index is 11.6. The van der Waals surface area contributed by atoms with Crippen LogP contribution in [0.3, 0.4) is 0 Å². The molecule has 0 unspecified atom stereocenters. The van der Waals surface area contributed by atoms with E-state index in [2.05, 4.69) is 32.9 Å². The van der Waals surface area contributed by atoms with Gasteiger partial charge in [-0.3, -0.25) is 4.72 Å². The van der Waals surface area contributed by atoms with Gasteiger partial charge in [0.1, 0.15) is 5.60 Å². The fourth-order valence-corrected chi connectivity index (χ4v) is 1.90.